The first-order valence-corrected chi connectivity index (χ1v) is 8.10. The van der Waals surface area contributed by atoms with Crippen LogP contribution in [0.15, 0.2) is 4.52 Å². The van der Waals surface area contributed by atoms with Crippen molar-refractivity contribution in [1.29, 1.82) is 0 Å². The van der Waals surface area contributed by atoms with Gasteiger partial charge in [0.05, 0.1) is 30.1 Å². The van der Waals surface area contributed by atoms with E-state index in [0.29, 0.717) is 18.8 Å². The Morgan fingerprint density at radius 1 is 1.50 bits per heavy atom. The summed E-state index contributed by atoms with van der Waals surface area (Å²) >= 11 is 1.57. The highest BCUT2D eigenvalue weighted by atomic mass is 32.2. The van der Waals surface area contributed by atoms with Crippen LogP contribution in [0.4, 0.5) is 0 Å². The number of β-amino-alcohol motifs (C(OH)–C–C–N with tert-alkyl or cyclic N) is 1. The van der Waals surface area contributed by atoms with Crippen LogP contribution in [0.1, 0.15) is 36.8 Å². The van der Waals surface area contributed by atoms with Gasteiger partial charge in [0.15, 0.2) is 0 Å². The lowest BCUT2D eigenvalue weighted by atomic mass is 9.89. The third-order valence-electron chi connectivity index (χ3n) is 3.69. The zero-order chi connectivity index (χ0) is 14.8. The maximum Gasteiger partial charge on any atom is 0.232 e. The molecule has 20 heavy (non-hydrogen) atoms. The molecular weight excluding hydrogens is 276 g/mol. The molecule has 0 aromatic carbocycles. The second-order valence-corrected chi connectivity index (χ2v) is 6.51. The number of amides is 1. The summed E-state index contributed by atoms with van der Waals surface area (Å²) in [6.45, 7) is 6.80. The highest BCUT2D eigenvalue weighted by Crippen LogP contribution is 2.27. The third-order valence-corrected chi connectivity index (χ3v) is 4.64. The van der Waals surface area contributed by atoms with E-state index in [4.69, 9.17) is 4.52 Å². The van der Waals surface area contributed by atoms with Gasteiger partial charge >= 0.3 is 0 Å². The number of thioether (sulfide) groups is 1. The molecule has 0 bridgehead atoms. The summed E-state index contributed by atoms with van der Waals surface area (Å²) in [5.74, 6) is 2.10. The number of aliphatic hydroxyl groups is 1. The van der Waals surface area contributed by atoms with Crippen LogP contribution < -0.4 is 0 Å². The molecule has 1 aromatic heterocycles. The summed E-state index contributed by atoms with van der Waals surface area (Å²) in [7, 11) is 0. The lowest BCUT2D eigenvalue weighted by Gasteiger charge is -2.46. The first kappa shape index (κ1) is 15.4. The van der Waals surface area contributed by atoms with E-state index in [1.54, 1.807) is 16.7 Å². The van der Waals surface area contributed by atoms with Crippen LogP contribution in [0.25, 0.3) is 0 Å². The van der Waals surface area contributed by atoms with Crippen molar-refractivity contribution in [1.82, 2.24) is 10.1 Å². The van der Waals surface area contributed by atoms with Crippen LogP contribution in [-0.2, 0) is 10.5 Å². The van der Waals surface area contributed by atoms with Crippen molar-refractivity contribution in [3.8, 4) is 0 Å². The van der Waals surface area contributed by atoms with E-state index in [0.717, 1.165) is 35.6 Å². The smallest absolute Gasteiger partial charge is 0.232 e. The lowest BCUT2D eigenvalue weighted by Crippen LogP contribution is -2.63. The van der Waals surface area contributed by atoms with Crippen LogP contribution in [0.3, 0.4) is 0 Å². The van der Waals surface area contributed by atoms with Gasteiger partial charge in [0.2, 0.25) is 5.91 Å². The van der Waals surface area contributed by atoms with Crippen molar-refractivity contribution < 1.29 is 14.4 Å². The molecule has 1 aromatic rings. The van der Waals surface area contributed by atoms with Crippen molar-refractivity contribution in [3.05, 3.63) is 17.0 Å². The molecule has 112 valence electrons. The Hall–Kier alpha value is -1.01. The summed E-state index contributed by atoms with van der Waals surface area (Å²) in [6.07, 6.45) is 1.71. The molecule has 1 saturated heterocycles. The van der Waals surface area contributed by atoms with Crippen molar-refractivity contribution in [2.75, 3.05) is 18.8 Å². The minimum absolute atomic E-state index is 0.0996. The molecule has 1 amide bonds. The zero-order valence-corrected chi connectivity index (χ0v) is 13.1. The van der Waals surface area contributed by atoms with Gasteiger partial charge in [-0.05, 0) is 20.3 Å². The largest absolute Gasteiger partial charge is 0.386 e. The first-order chi connectivity index (χ1) is 9.45. The summed E-state index contributed by atoms with van der Waals surface area (Å²) in [5.41, 5.74) is 1.33. The van der Waals surface area contributed by atoms with Gasteiger partial charge in [0.1, 0.15) is 5.76 Å². The Kier molecular flexibility index (Phi) is 4.75. The summed E-state index contributed by atoms with van der Waals surface area (Å²) in [6, 6.07) is 0. The van der Waals surface area contributed by atoms with E-state index in [-0.39, 0.29) is 5.91 Å². The topological polar surface area (TPSA) is 66.6 Å². The maximum absolute atomic E-state index is 12.0. The quantitative estimate of drug-likeness (QED) is 0.869. The average molecular weight is 298 g/mol. The van der Waals surface area contributed by atoms with Gasteiger partial charge in [-0.3, -0.25) is 4.79 Å². The number of nitrogens with zero attached hydrogens (tertiary/aromatic N) is 2. The van der Waals surface area contributed by atoms with E-state index in [1.807, 2.05) is 20.8 Å². The highest BCUT2D eigenvalue weighted by molar-refractivity contribution is 7.99. The van der Waals surface area contributed by atoms with Gasteiger partial charge in [-0.15, -0.1) is 11.8 Å². The van der Waals surface area contributed by atoms with Crippen LogP contribution in [-0.4, -0.2) is 45.5 Å². The second kappa shape index (κ2) is 6.18. The number of hydrogen-bond donors (Lipinski definition) is 1. The molecule has 0 saturated carbocycles. The Bertz CT molecular complexity index is 461. The Balaban J connectivity index is 1.72. The molecule has 1 fully saturated rings. The Morgan fingerprint density at radius 3 is 2.75 bits per heavy atom. The van der Waals surface area contributed by atoms with Gasteiger partial charge in [0.25, 0.3) is 0 Å². The Morgan fingerprint density at radius 2 is 2.20 bits per heavy atom. The van der Waals surface area contributed by atoms with Gasteiger partial charge in [0, 0.05) is 11.3 Å². The van der Waals surface area contributed by atoms with Gasteiger partial charge in [-0.2, -0.15) is 0 Å². The van der Waals surface area contributed by atoms with Crippen LogP contribution in [0.2, 0.25) is 0 Å². The first-order valence-electron chi connectivity index (χ1n) is 6.95. The van der Waals surface area contributed by atoms with E-state index in [9.17, 15) is 9.90 Å². The molecule has 0 unspecified atom stereocenters. The molecule has 1 aliphatic heterocycles. The monoisotopic (exact) mass is 298 g/mol. The van der Waals surface area contributed by atoms with Crippen molar-refractivity contribution >= 4 is 17.7 Å². The minimum atomic E-state index is -0.642. The van der Waals surface area contributed by atoms with Crippen LogP contribution in [0, 0.1) is 13.8 Å². The maximum atomic E-state index is 12.0. The van der Waals surface area contributed by atoms with Crippen LogP contribution >= 0.6 is 11.8 Å². The fraction of sp³-hybridized carbons (Fsp3) is 0.714. The van der Waals surface area contributed by atoms with Crippen molar-refractivity contribution in [2.45, 2.75) is 45.0 Å². The Labute approximate surface area is 123 Å². The van der Waals surface area contributed by atoms with Crippen molar-refractivity contribution in [3.63, 3.8) is 0 Å². The fourth-order valence-electron chi connectivity index (χ4n) is 2.50. The fourth-order valence-corrected chi connectivity index (χ4v) is 3.58. The molecule has 0 spiro atoms. The number of hydrogen-bond acceptors (Lipinski definition) is 5. The van der Waals surface area contributed by atoms with Crippen molar-refractivity contribution in [2.24, 2.45) is 0 Å². The summed E-state index contributed by atoms with van der Waals surface area (Å²) < 4.78 is 5.10. The number of likely N-dealkylation sites (tertiary alicyclic amines) is 1. The molecule has 0 atom stereocenters. The summed E-state index contributed by atoms with van der Waals surface area (Å²) in [5, 5.41) is 14.0. The molecular formula is C14H22N2O3S. The van der Waals surface area contributed by atoms with E-state index in [2.05, 4.69) is 5.16 Å². The predicted octanol–water partition coefficient (Wildman–Crippen LogP) is 1.90. The molecule has 2 rings (SSSR count). The molecule has 5 nitrogen and oxygen atoms in total. The minimum Gasteiger partial charge on any atom is -0.386 e. The molecule has 6 heteroatoms. The standard InChI is InChI=1S/C14H22N2O3S/c1-4-5-14(18)8-16(9-14)13(17)7-20-6-12-10(2)15-19-11(12)3/h18H,4-9H2,1-3H3. The molecule has 0 radical (unpaired) electrons. The predicted molar refractivity (Wildman–Crippen MR) is 78.6 cm³/mol. The van der Waals surface area contributed by atoms with E-state index in [1.165, 1.54) is 0 Å². The second-order valence-electron chi connectivity index (χ2n) is 5.52. The van der Waals surface area contributed by atoms with Gasteiger partial charge < -0.3 is 14.5 Å². The lowest BCUT2D eigenvalue weighted by molar-refractivity contribution is -0.153. The summed E-state index contributed by atoms with van der Waals surface area (Å²) in [4.78, 5) is 13.7. The average Bonchev–Trinajstić information content (AvgIpc) is 2.67. The van der Waals surface area contributed by atoms with Crippen LogP contribution in [0.5, 0.6) is 0 Å². The van der Waals surface area contributed by atoms with Gasteiger partial charge in [-0.25, -0.2) is 0 Å². The molecule has 2 heterocycles. The number of carbonyl (C=O) groups is 1. The third kappa shape index (κ3) is 3.35. The number of carbonyl (C=O) groups excluding carboxylic acids is 1. The molecule has 1 N–H and O–H groups in total. The molecule has 1 aliphatic rings. The number of aromatic nitrogens is 1. The van der Waals surface area contributed by atoms with E-state index >= 15 is 0 Å². The zero-order valence-electron chi connectivity index (χ0n) is 12.3. The number of aryl methyl sites for hydroxylation is 2. The SMILES string of the molecule is CCCC1(O)CN(C(=O)CSCc2c(C)noc2C)C1. The van der Waals surface area contributed by atoms with Gasteiger partial charge in [-0.1, -0.05) is 18.5 Å². The molecule has 0 aliphatic carbocycles. The highest BCUT2D eigenvalue weighted by Gasteiger charge is 2.42. The normalized spacial score (nSPS) is 17.1. The number of rotatable bonds is 6. The van der Waals surface area contributed by atoms with E-state index < -0.39 is 5.60 Å².